The average molecular weight is 379 g/mol. The number of hydrogen-bond acceptors (Lipinski definition) is 3. The van der Waals surface area contributed by atoms with Gasteiger partial charge in [0.2, 0.25) is 11.8 Å². The largest absolute Gasteiger partial charge is 0.354 e. The van der Waals surface area contributed by atoms with Crippen LogP contribution in [0.3, 0.4) is 0 Å². The first-order chi connectivity index (χ1) is 13.5. The molecule has 3 rings (SSSR count). The van der Waals surface area contributed by atoms with Crippen LogP contribution in [0.5, 0.6) is 0 Å². The normalized spacial score (nSPS) is 17.0. The van der Waals surface area contributed by atoms with Crippen molar-refractivity contribution >= 4 is 23.4 Å². The fourth-order valence-corrected chi connectivity index (χ4v) is 3.24. The standard InChI is InChI=1S/C22H25N3O3/c1-15(11-12-16-7-3-2-4-8-16)23-20(26)14-13-19-22(28)24-18-10-6-5-9-17(18)21(27)25-19/h2-10,15,19H,11-14H2,1H3,(H,23,26)(H,24,28)(H,25,27). The van der Waals surface area contributed by atoms with E-state index < -0.39 is 6.04 Å². The quantitative estimate of drug-likeness (QED) is 0.691. The minimum absolute atomic E-state index is 0.0366. The summed E-state index contributed by atoms with van der Waals surface area (Å²) in [5.41, 5.74) is 2.16. The van der Waals surface area contributed by atoms with E-state index in [-0.39, 0.29) is 36.6 Å². The number of benzene rings is 2. The predicted octanol–water partition coefficient (Wildman–Crippen LogP) is 2.65. The van der Waals surface area contributed by atoms with Crippen LogP contribution in [0.4, 0.5) is 5.69 Å². The zero-order chi connectivity index (χ0) is 19.9. The van der Waals surface area contributed by atoms with E-state index in [0.29, 0.717) is 11.3 Å². The molecule has 1 heterocycles. The van der Waals surface area contributed by atoms with Crippen LogP contribution in [0.25, 0.3) is 0 Å². The summed E-state index contributed by atoms with van der Waals surface area (Å²) in [7, 11) is 0. The van der Waals surface area contributed by atoms with Gasteiger partial charge in [0, 0.05) is 12.5 Å². The van der Waals surface area contributed by atoms with E-state index in [9.17, 15) is 14.4 Å². The zero-order valence-electron chi connectivity index (χ0n) is 15.9. The van der Waals surface area contributed by atoms with E-state index in [1.807, 2.05) is 25.1 Å². The molecule has 1 aliphatic heterocycles. The Morgan fingerprint density at radius 2 is 1.79 bits per heavy atom. The van der Waals surface area contributed by atoms with Crippen LogP contribution in [0, 0.1) is 0 Å². The molecule has 6 nitrogen and oxygen atoms in total. The average Bonchev–Trinajstić information content (AvgIpc) is 2.82. The lowest BCUT2D eigenvalue weighted by atomic mass is 10.1. The molecule has 0 bridgehead atoms. The molecule has 2 aromatic carbocycles. The van der Waals surface area contributed by atoms with Crippen LogP contribution in [0.2, 0.25) is 0 Å². The summed E-state index contributed by atoms with van der Waals surface area (Å²) in [5, 5.41) is 8.43. The third-order valence-electron chi connectivity index (χ3n) is 4.83. The minimum atomic E-state index is -0.731. The molecule has 0 fully saturated rings. The van der Waals surface area contributed by atoms with Gasteiger partial charge in [0.05, 0.1) is 11.3 Å². The highest BCUT2D eigenvalue weighted by Gasteiger charge is 2.27. The number of amides is 3. The van der Waals surface area contributed by atoms with Crippen molar-refractivity contribution in [2.24, 2.45) is 0 Å². The van der Waals surface area contributed by atoms with Crippen molar-refractivity contribution in [3.8, 4) is 0 Å². The first-order valence-electron chi connectivity index (χ1n) is 9.57. The van der Waals surface area contributed by atoms with Gasteiger partial charge in [0.25, 0.3) is 5.91 Å². The Labute approximate surface area is 164 Å². The minimum Gasteiger partial charge on any atom is -0.354 e. The second-order valence-electron chi connectivity index (χ2n) is 7.09. The number of rotatable bonds is 7. The van der Waals surface area contributed by atoms with Gasteiger partial charge >= 0.3 is 0 Å². The second kappa shape index (κ2) is 9.17. The summed E-state index contributed by atoms with van der Waals surface area (Å²) in [6.07, 6.45) is 2.15. The van der Waals surface area contributed by atoms with Gasteiger partial charge in [-0.05, 0) is 43.9 Å². The van der Waals surface area contributed by atoms with E-state index in [1.54, 1.807) is 24.3 Å². The topological polar surface area (TPSA) is 87.3 Å². The van der Waals surface area contributed by atoms with Gasteiger partial charge in [-0.2, -0.15) is 0 Å². The van der Waals surface area contributed by atoms with Gasteiger partial charge in [-0.3, -0.25) is 14.4 Å². The molecule has 0 saturated carbocycles. The van der Waals surface area contributed by atoms with Crippen molar-refractivity contribution in [1.82, 2.24) is 10.6 Å². The lowest BCUT2D eigenvalue weighted by molar-refractivity contribution is -0.122. The molecule has 0 saturated heterocycles. The molecule has 146 valence electrons. The number of nitrogens with one attached hydrogen (secondary N) is 3. The highest BCUT2D eigenvalue weighted by Crippen LogP contribution is 2.19. The van der Waals surface area contributed by atoms with Crippen molar-refractivity contribution in [3.63, 3.8) is 0 Å². The Morgan fingerprint density at radius 1 is 1.07 bits per heavy atom. The first kappa shape index (κ1) is 19.6. The van der Waals surface area contributed by atoms with Crippen LogP contribution in [-0.4, -0.2) is 29.8 Å². The number of hydrogen-bond donors (Lipinski definition) is 3. The lowest BCUT2D eigenvalue weighted by Gasteiger charge is -2.17. The Kier molecular flexibility index (Phi) is 6.42. The first-order valence-corrected chi connectivity index (χ1v) is 9.57. The van der Waals surface area contributed by atoms with E-state index >= 15 is 0 Å². The summed E-state index contributed by atoms with van der Waals surface area (Å²) < 4.78 is 0. The highest BCUT2D eigenvalue weighted by atomic mass is 16.2. The SMILES string of the molecule is CC(CCc1ccccc1)NC(=O)CCC1NC(=O)c2ccccc2NC1=O. The second-order valence-corrected chi connectivity index (χ2v) is 7.09. The smallest absolute Gasteiger partial charge is 0.254 e. The number of carbonyl (C=O) groups excluding carboxylic acids is 3. The summed E-state index contributed by atoms with van der Waals surface area (Å²) in [4.78, 5) is 36.9. The third kappa shape index (κ3) is 5.19. The summed E-state index contributed by atoms with van der Waals surface area (Å²) in [6.45, 7) is 1.97. The Morgan fingerprint density at radius 3 is 2.57 bits per heavy atom. The number of fused-ring (bicyclic) bond motifs is 1. The monoisotopic (exact) mass is 379 g/mol. The van der Waals surface area contributed by atoms with Crippen molar-refractivity contribution in [2.45, 2.75) is 44.7 Å². The molecular weight excluding hydrogens is 354 g/mol. The maximum Gasteiger partial charge on any atom is 0.254 e. The number of carbonyl (C=O) groups is 3. The highest BCUT2D eigenvalue weighted by molar-refractivity contribution is 6.09. The summed E-state index contributed by atoms with van der Waals surface area (Å²) in [6, 6.07) is 16.3. The maximum atomic E-state index is 12.4. The van der Waals surface area contributed by atoms with Crippen molar-refractivity contribution in [3.05, 3.63) is 65.7 Å². The summed E-state index contributed by atoms with van der Waals surface area (Å²) >= 11 is 0. The van der Waals surface area contributed by atoms with Crippen LogP contribution in [0.15, 0.2) is 54.6 Å². The van der Waals surface area contributed by atoms with Gasteiger partial charge in [-0.15, -0.1) is 0 Å². The van der Waals surface area contributed by atoms with Gasteiger partial charge in [0.1, 0.15) is 6.04 Å². The lowest BCUT2D eigenvalue weighted by Crippen LogP contribution is -2.42. The van der Waals surface area contributed by atoms with E-state index in [2.05, 4.69) is 28.1 Å². The van der Waals surface area contributed by atoms with Gasteiger partial charge < -0.3 is 16.0 Å². The molecular formula is C22H25N3O3. The van der Waals surface area contributed by atoms with Crippen molar-refractivity contribution in [1.29, 1.82) is 0 Å². The number of aryl methyl sites for hydroxylation is 1. The molecule has 3 amide bonds. The van der Waals surface area contributed by atoms with Crippen LogP contribution >= 0.6 is 0 Å². The molecule has 0 spiro atoms. The van der Waals surface area contributed by atoms with Gasteiger partial charge in [0.15, 0.2) is 0 Å². The number of para-hydroxylation sites is 1. The number of anilines is 1. The van der Waals surface area contributed by atoms with Crippen molar-refractivity contribution in [2.75, 3.05) is 5.32 Å². The molecule has 3 N–H and O–H groups in total. The van der Waals surface area contributed by atoms with Crippen LogP contribution in [-0.2, 0) is 16.0 Å². The Hall–Kier alpha value is -3.15. The molecule has 1 aliphatic rings. The van der Waals surface area contributed by atoms with Crippen LogP contribution in [0.1, 0.15) is 42.1 Å². The fraction of sp³-hybridized carbons (Fsp3) is 0.318. The molecule has 0 radical (unpaired) electrons. The van der Waals surface area contributed by atoms with Gasteiger partial charge in [-0.1, -0.05) is 42.5 Å². The Bertz CT molecular complexity index is 851. The molecule has 28 heavy (non-hydrogen) atoms. The molecule has 2 aromatic rings. The van der Waals surface area contributed by atoms with E-state index in [0.717, 1.165) is 12.8 Å². The molecule has 2 atom stereocenters. The maximum absolute atomic E-state index is 12.4. The molecule has 0 aliphatic carbocycles. The predicted molar refractivity (Wildman–Crippen MR) is 108 cm³/mol. The van der Waals surface area contributed by atoms with Crippen molar-refractivity contribution < 1.29 is 14.4 Å². The molecule has 6 heteroatoms. The van der Waals surface area contributed by atoms with E-state index in [4.69, 9.17) is 0 Å². The Balaban J connectivity index is 1.46. The summed E-state index contributed by atoms with van der Waals surface area (Å²) in [5.74, 6) is -0.733. The van der Waals surface area contributed by atoms with Gasteiger partial charge in [-0.25, -0.2) is 0 Å². The van der Waals surface area contributed by atoms with E-state index in [1.165, 1.54) is 5.56 Å². The van der Waals surface area contributed by atoms with Crippen LogP contribution < -0.4 is 16.0 Å². The third-order valence-corrected chi connectivity index (χ3v) is 4.83. The molecule has 0 aromatic heterocycles. The zero-order valence-corrected chi connectivity index (χ0v) is 15.9. The molecule has 2 unspecified atom stereocenters. The fourth-order valence-electron chi connectivity index (χ4n) is 3.24.